The normalized spacial score (nSPS) is 13.8. The van der Waals surface area contributed by atoms with Crippen LogP contribution >= 0.6 is 0 Å². The molecule has 4 nitrogen and oxygen atoms in total. The van der Waals surface area contributed by atoms with E-state index in [-0.39, 0.29) is 5.91 Å². The van der Waals surface area contributed by atoms with Gasteiger partial charge in [0.2, 0.25) is 0 Å². The number of ether oxygens (including phenoxy) is 2. The Hall–Kier alpha value is -3.27. The molecule has 154 valence electrons. The van der Waals surface area contributed by atoms with Gasteiger partial charge >= 0.3 is 0 Å². The van der Waals surface area contributed by atoms with Gasteiger partial charge in [0.05, 0.1) is 5.69 Å². The highest BCUT2D eigenvalue weighted by Gasteiger charge is 2.21. The van der Waals surface area contributed by atoms with Crippen LogP contribution in [-0.2, 0) is 17.6 Å². The minimum absolute atomic E-state index is 0.181. The third kappa shape index (κ3) is 4.82. The van der Waals surface area contributed by atoms with Crippen LogP contribution in [0.25, 0.3) is 0 Å². The molecule has 3 aromatic rings. The standard InChI is InChI=1S/C26H27NO3/c1-2-24(30-22-17-16-19-10-6-7-11-20(19)18-22)26(28)27-23-14-8-9-15-25(23)29-21-12-4-3-5-13-21/h3-5,8-9,12-18,24H,2,6-7,10-11H2,1H3,(H,27,28). The number of para-hydroxylation sites is 3. The highest BCUT2D eigenvalue weighted by Crippen LogP contribution is 2.30. The summed E-state index contributed by atoms with van der Waals surface area (Å²) < 4.78 is 12.0. The summed E-state index contributed by atoms with van der Waals surface area (Å²) in [7, 11) is 0. The molecule has 4 rings (SSSR count). The number of fused-ring (bicyclic) bond motifs is 1. The molecule has 1 amide bonds. The molecule has 0 bridgehead atoms. The molecule has 1 aliphatic rings. The van der Waals surface area contributed by atoms with Crippen LogP contribution in [0.4, 0.5) is 5.69 Å². The van der Waals surface area contributed by atoms with Crippen LogP contribution in [-0.4, -0.2) is 12.0 Å². The summed E-state index contributed by atoms with van der Waals surface area (Å²) in [6.07, 6.45) is 4.68. The van der Waals surface area contributed by atoms with Crippen LogP contribution in [0.3, 0.4) is 0 Å². The summed E-state index contributed by atoms with van der Waals surface area (Å²) in [5.74, 6) is 1.89. The first-order valence-corrected chi connectivity index (χ1v) is 10.6. The molecule has 0 spiro atoms. The average Bonchev–Trinajstić information content (AvgIpc) is 2.79. The Morgan fingerprint density at radius 2 is 1.63 bits per heavy atom. The third-order valence-electron chi connectivity index (χ3n) is 5.38. The van der Waals surface area contributed by atoms with Crippen molar-refractivity contribution in [1.29, 1.82) is 0 Å². The van der Waals surface area contributed by atoms with Gasteiger partial charge in [-0.05, 0) is 79.6 Å². The predicted octanol–water partition coefficient (Wildman–Crippen LogP) is 6.15. The van der Waals surface area contributed by atoms with Gasteiger partial charge in [-0.15, -0.1) is 0 Å². The molecule has 0 saturated carbocycles. The summed E-state index contributed by atoms with van der Waals surface area (Å²) in [5.41, 5.74) is 3.37. The monoisotopic (exact) mass is 401 g/mol. The molecule has 1 N–H and O–H groups in total. The van der Waals surface area contributed by atoms with Gasteiger partial charge in [0, 0.05) is 0 Å². The molecular formula is C26H27NO3. The molecular weight excluding hydrogens is 374 g/mol. The fraction of sp³-hybridized carbons (Fsp3) is 0.269. The van der Waals surface area contributed by atoms with E-state index in [1.165, 1.54) is 24.0 Å². The lowest BCUT2D eigenvalue weighted by Gasteiger charge is -2.21. The number of carbonyl (C=O) groups excluding carboxylic acids is 1. The van der Waals surface area contributed by atoms with Gasteiger partial charge in [0.1, 0.15) is 11.5 Å². The fourth-order valence-corrected chi connectivity index (χ4v) is 3.76. The number of aryl methyl sites for hydroxylation is 2. The zero-order valence-corrected chi connectivity index (χ0v) is 17.3. The van der Waals surface area contributed by atoms with Crippen molar-refractivity contribution >= 4 is 11.6 Å². The summed E-state index contributed by atoms with van der Waals surface area (Å²) >= 11 is 0. The van der Waals surface area contributed by atoms with E-state index in [0.717, 1.165) is 24.3 Å². The van der Waals surface area contributed by atoms with Crippen molar-refractivity contribution in [3.05, 3.63) is 83.9 Å². The smallest absolute Gasteiger partial charge is 0.265 e. The van der Waals surface area contributed by atoms with Gasteiger partial charge in [0.15, 0.2) is 11.9 Å². The van der Waals surface area contributed by atoms with Gasteiger partial charge in [-0.3, -0.25) is 4.79 Å². The second-order valence-electron chi connectivity index (χ2n) is 7.55. The van der Waals surface area contributed by atoms with E-state index in [4.69, 9.17) is 9.47 Å². The largest absolute Gasteiger partial charge is 0.481 e. The summed E-state index contributed by atoms with van der Waals surface area (Å²) in [6, 6.07) is 23.2. The summed E-state index contributed by atoms with van der Waals surface area (Å²) in [4.78, 5) is 12.9. The lowest BCUT2D eigenvalue weighted by atomic mass is 9.92. The maximum atomic E-state index is 12.9. The van der Waals surface area contributed by atoms with Crippen LogP contribution in [0.15, 0.2) is 72.8 Å². The Balaban J connectivity index is 1.46. The summed E-state index contributed by atoms with van der Waals surface area (Å²) in [5, 5.41) is 2.98. The van der Waals surface area contributed by atoms with Crippen LogP contribution < -0.4 is 14.8 Å². The number of amides is 1. The van der Waals surface area contributed by atoms with Crippen molar-refractivity contribution in [1.82, 2.24) is 0 Å². The zero-order valence-electron chi connectivity index (χ0n) is 17.3. The van der Waals surface area contributed by atoms with Crippen molar-refractivity contribution in [2.24, 2.45) is 0 Å². The second kappa shape index (κ2) is 9.49. The number of nitrogens with one attached hydrogen (secondary N) is 1. The highest BCUT2D eigenvalue weighted by atomic mass is 16.5. The lowest BCUT2D eigenvalue weighted by molar-refractivity contribution is -0.122. The van der Waals surface area contributed by atoms with E-state index < -0.39 is 6.10 Å². The molecule has 3 aromatic carbocycles. The number of anilines is 1. The molecule has 0 saturated heterocycles. The molecule has 30 heavy (non-hydrogen) atoms. The molecule has 1 aliphatic carbocycles. The van der Waals surface area contributed by atoms with E-state index in [2.05, 4.69) is 17.4 Å². The molecule has 0 radical (unpaired) electrons. The van der Waals surface area contributed by atoms with E-state index >= 15 is 0 Å². The average molecular weight is 402 g/mol. The quantitative estimate of drug-likeness (QED) is 0.516. The maximum Gasteiger partial charge on any atom is 0.265 e. The van der Waals surface area contributed by atoms with Crippen LogP contribution in [0, 0.1) is 0 Å². The molecule has 1 unspecified atom stereocenters. The minimum atomic E-state index is -0.573. The van der Waals surface area contributed by atoms with Crippen molar-refractivity contribution in [2.45, 2.75) is 45.1 Å². The molecule has 4 heteroatoms. The second-order valence-corrected chi connectivity index (χ2v) is 7.55. The van der Waals surface area contributed by atoms with Crippen LogP contribution in [0.2, 0.25) is 0 Å². The fourth-order valence-electron chi connectivity index (χ4n) is 3.76. The highest BCUT2D eigenvalue weighted by molar-refractivity contribution is 5.95. The Labute approximate surface area is 177 Å². The zero-order chi connectivity index (χ0) is 20.8. The van der Waals surface area contributed by atoms with E-state index in [0.29, 0.717) is 17.9 Å². The molecule has 0 heterocycles. The van der Waals surface area contributed by atoms with E-state index in [9.17, 15) is 4.79 Å². The third-order valence-corrected chi connectivity index (χ3v) is 5.38. The molecule has 0 aromatic heterocycles. The number of carbonyl (C=O) groups is 1. The van der Waals surface area contributed by atoms with Crippen molar-refractivity contribution in [3.8, 4) is 17.2 Å². The number of rotatable bonds is 7. The van der Waals surface area contributed by atoms with Gasteiger partial charge < -0.3 is 14.8 Å². The Morgan fingerprint density at radius 3 is 2.43 bits per heavy atom. The van der Waals surface area contributed by atoms with Gasteiger partial charge in [-0.1, -0.05) is 43.3 Å². The van der Waals surface area contributed by atoms with Crippen molar-refractivity contribution < 1.29 is 14.3 Å². The molecule has 0 aliphatic heterocycles. The van der Waals surface area contributed by atoms with Crippen LogP contribution in [0.5, 0.6) is 17.2 Å². The van der Waals surface area contributed by atoms with Gasteiger partial charge in [-0.2, -0.15) is 0 Å². The maximum absolute atomic E-state index is 12.9. The van der Waals surface area contributed by atoms with Gasteiger partial charge in [0.25, 0.3) is 5.91 Å². The van der Waals surface area contributed by atoms with E-state index in [1.807, 2.05) is 67.6 Å². The molecule has 0 fully saturated rings. The predicted molar refractivity (Wildman–Crippen MR) is 119 cm³/mol. The topological polar surface area (TPSA) is 47.6 Å². The number of hydrogen-bond donors (Lipinski definition) is 1. The summed E-state index contributed by atoms with van der Waals surface area (Å²) in [6.45, 7) is 1.95. The SMILES string of the molecule is CCC(Oc1ccc2c(c1)CCCC2)C(=O)Nc1ccccc1Oc1ccccc1. The molecule has 1 atom stereocenters. The van der Waals surface area contributed by atoms with E-state index in [1.54, 1.807) is 0 Å². The number of hydrogen-bond acceptors (Lipinski definition) is 3. The Morgan fingerprint density at radius 1 is 0.900 bits per heavy atom. The van der Waals surface area contributed by atoms with Crippen LogP contribution in [0.1, 0.15) is 37.3 Å². The first-order valence-electron chi connectivity index (χ1n) is 10.6. The first-order chi connectivity index (χ1) is 14.7. The Kier molecular flexibility index (Phi) is 6.33. The minimum Gasteiger partial charge on any atom is -0.481 e. The number of benzene rings is 3. The van der Waals surface area contributed by atoms with Gasteiger partial charge in [-0.25, -0.2) is 0 Å². The Bertz CT molecular complexity index is 1000. The first kappa shape index (κ1) is 20.0. The van der Waals surface area contributed by atoms with Crippen molar-refractivity contribution in [3.63, 3.8) is 0 Å². The lowest BCUT2D eigenvalue weighted by Crippen LogP contribution is -2.32. The van der Waals surface area contributed by atoms with Crippen molar-refractivity contribution in [2.75, 3.05) is 5.32 Å².